The van der Waals surface area contributed by atoms with Crippen LogP contribution in [0.25, 0.3) is 0 Å². The Morgan fingerprint density at radius 3 is 2.08 bits per heavy atom. The molecule has 0 radical (unpaired) electrons. The lowest BCUT2D eigenvalue weighted by Crippen LogP contribution is -2.40. The molecule has 2 atom stereocenters. The van der Waals surface area contributed by atoms with E-state index in [-0.39, 0.29) is 23.7 Å². The maximum absolute atomic E-state index is 13.3. The van der Waals surface area contributed by atoms with Crippen LogP contribution >= 0.6 is 12.4 Å². The van der Waals surface area contributed by atoms with E-state index in [2.05, 4.69) is 67.5 Å². The molecular formula is C22H28ClNO. The van der Waals surface area contributed by atoms with Crippen LogP contribution in [0.4, 0.5) is 0 Å². The average Bonchev–Trinajstić information content (AvgIpc) is 2.86. The van der Waals surface area contributed by atoms with Crippen LogP contribution in [-0.4, -0.2) is 31.3 Å². The molecule has 2 aromatic carbocycles. The Balaban J connectivity index is 0.00000225. The van der Waals surface area contributed by atoms with Crippen molar-refractivity contribution >= 4 is 18.2 Å². The summed E-state index contributed by atoms with van der Waals surface area (Å²) in [6.07, 6.45) is 3.74. The van der Waals surface area contributed by atoms with Crippen LogP contribution in [0.1, 0.15) is 24.0 Å². The van der Waals surface area contributed by atoms with Gasteiger partial charge in [-0.05, 0) is 50.9 Å². The van der Waals surface area contributed by atoms with Crippen molar-refractivity contribution in [2.75, 3.05) is 20.6 Å². The first-order chi connectivity index (χ1) is 11.6. The van der Waals surface area contributed by atoms with E-state index in [1.165, 1.54) is 11.1 Å². The van der Waals surface area contributed by atoms with E-state index >= 15 is 0 Å². The SMILES string of the molecule is CN(C)CC1(Cc2ccccc2)CCC(Cc2ccccc2)C1=O.Cl. The predicted octanol–water partition coefficient (Wildman–Crippen LogP) is 4.42. The monoisotopic (exact) mass is 357 g/mol. The van der Waals surface area contributed by atoms with Gasteiger partial charge < -0.3 is 4.90 Å². The molecule has 0 aliphatic heterocycles. The van der Waals surface area contributed by atoms with Crippen LogP contribution < -0.4 is 0 Å². The Kier molecular flexibility index (Phi) is 6.80. The number of nitrogens with zero attached hydrogens (tertiary/aromatic N) is 1. The minimum absolute atomic E-state index is 0. The van der Waals surface area contributed by atoms with Gasteiger partial charge in [0.05, 0.1) is 0 Å². The standard InChI is InChI=1S/C22H27NO.ClH/c1-23(2)17-22(16-19-11-7-4-8-12-19)14-13-20(21(22)24)15-18-9-5-3-6-10-18;/h3-12,20H,13-17H2,1-2H3;1H. The Hall–Kier alpha value is -1.64. The summed E-state index contributed by atoms with van der Waals surface area (Å²) in [5.74, 6) is 0.625. The molecule has 0 N–H and O–H groups in total. The number of carbonyl (C=O) groups is 1. The zero-order valence-corrected chi connectivity index (χ0v) is 16.0. The molecule has 3 rings (SSSR count). The van der Waals surface area contributed by atoms with Gasteiger partial charge in [0.15, 0.2) is 0 Å². The fourth-order valence-electron chi connectivity index (χ4n) is 4.21. The van der Waals surface area contributed by atoms with Crippen LogP contribution in [0.15, 0.2) is 60.7 Å². The summed E-state index contributed by atoms with van der Waals surface area (Å²) in [4.78, 5) is 15.5. The maximum atomic E-state index is 13.3. The van der Waals surface area contributed by atoms with Crippen LogP contribution in [0, 0.1) is 11.3 Å². The van der Waals surface area contributed by atoms with Gasteiger partial charge >= 0.3 is 0 Å². The highest BCUT2D eigenvalue weighted by Gasteiger charge is 2.47. The van der Waals surface area contributed by atoms with E-state index in [1.807, 2.05) is 12.1 Å². The molecule has 25 heavy (non-hydrogen) atoms. The number of hydrogen-bond donors (Lipinski definition) is 0. The Morgan fingerprint density at radius 2 is 1.52 bits per heavy atom. The first-order valence-corrected chi connectivity index (χ1v) is 8.86. The number of Topliss-reactive ketones (excluding diaryl/α,β-unsaturated/α-hetero) is 1. The summed E-state index contributed by atoms with van der Waals surface area (Å²) >= 11 is 0. The molecular weight excluding hydrogens is 330 g/mol. The molecule has 0 spiro atoms. The van der Waals surface area contributed by atoms with Gasteiger partial charge in [0, 0.05) is 17.9 Å². The van der Waals surface area contributed by atoms with Gasteiger partial charge in [0.1, 0.15) is 5.78 Å². The molecule has 2 nitrogen and oxygen atoms in total. The Labute approximate surface area is 157 Å². The fourth-order valence-corrected chi connectivity index (χ4v) is 4.21. The van der Waals surface area contributed by atoms with E-state index in [9.17, 15) is 4.79 Å². The summed E-state index contributed by atoms with van der Waals surface area (Å²) in [6.45, 7) is 0.839. The number of carbonyl (C=O) groups excluding carboxylic acids is 1. The molecule has 1 aliphatic carbocycles. The van der Waals surface area contributed by atoms with Crippen molar-refractivity contribution in [2.24, 2.45) is 11.3 Å². The quantitative estimate of drug-likeness (QED) is 0.762. The minimum atomic E-state index is -0.232. The van der Waals surface area contributed by atoms with Crippen LogP contribution in [0.2, 0.25) is 0 Å². The second kappa shape index (κ2) is 8.64. The van der Waals surface area contributed by atoms with E-state index in [0.29, 0.717) is 5.78 Å². The summed E-state index contributed by atoms with van der Waals surface area (Å²) in [6, 6.07) is 20.9. The number of ketones is 1. The minimum Gasteiger partial charge on any atom is -0.308 e. The number of hydrogen-bond acceptors (Lipinski definition) is 2. The van der Waals surface area contributed by atoms with Gasteiger partial charge in [0.25, 0.3) is 0 Å². The normalized spacial score (nSPS) is 22.8. The topological polar surface area (TPSA) is 20.3 Å². The Morgan fingerprint density at radius 1 is 0.960 bits per heavy atom. The molecule has 0 aromatic heterocycles. The van der Waals surface area contributed by atoms with Crippen LogP contribution in [0.3, 0.4) is 0 Å². The van der Waals surface area contributed by atoms with E-state index < -0.39 is 0 Å². The first-order valence-electron chi connectivity index (χ1n) is 8.86. The van der Waals surface area contributed by atoms with Gasteiger partial charge in [-0.1, -0.05) is 60.7 Å². The fraction of sp³-hybridized carbons (Fsp3) is 0.409. The molecule has 2 aromatic rings. The third-order valence-electron chi connectivity index (χ3n) is 5.19. The van der Waals surface area contributed by atoms with Crippen molar-refractivity contribution < 1.29 is 4.79 Å². The second-order valence-corrected chi connectivity index (χ2v) is 7.47. The lowest BCUT2D eigenvalue weighted by atomic mass is 9.77. The summed E-state index contributed by atoms with van der Waals surface area (Å²) in [5.41, 5.74) is 2.31. The van der Waals surface area contributed by atoms with Gasteiger partial charge in [0.2, 0.25) is 0 Å². The molecule has 134 valence electrons. The molecule has 1 saturated carbocycles. The third kappa shape index (κ3) is 4.71. The zero-order chi connectivity index (χ0) is 17.0. The molecule has 2 unspecified atom stereocenters. The lowest BCUT2D eigenvalue weighted by Gasteiger charge is -2.31. The van der Waals surface area contributed by atoms with Crippen LogP contribution in [-0.2, 0) is 17.6 Å². The Bertz CT molecular complexity index is 671. The smallest absolute Gasteiger partial charge is 0.144 e. The zero-order valence-electron chi connectivity index (χ0n) is 15.2. The number of rotatable bonds is 6. The van der Waals surface area contributed by atoms with Crippen molar-refractivity contribution in [1.29, 1.82) is 0 Å². The molecule has 0 amide bonds. The lowest BCUT2D eigenvalue weighted by molar-refractivity contribution is -0.129. The highest BCUT2D eigenvalue weighted by Crippen LogP contribution is 2.42. The first kappa shape index (κ1) is 19.7. The van der Waals surface area contributed by atoms with Crippen LogP contribution in [0.5, 0.6) is 0 Å². The maximum Gasteiger partial charge on any atom is 0.144 e. The third-order valence-corrected chi connectivity index (χ3v) is 5.19. The van der Waals surface area contributed by atoms with E-state index in [4.69, 9.17) is 0 Å². The summed E-state index contributed by atoms with van der Waals surface area (Å²) in [5, 5.41) is 0. The predicted molar refractivity (Wildman–Crippen MR) is 106 cm³/mol. The van der Waals surface area contributed by atoms with Gasteiger partial charge in [-0.25, -0.2) is 0 Å². The van der Waals surface area contributed by atoms with Crippen molar-refractivity contribution in [1.82, 2.24) is 4.90 Å². The van der Waals surface area contributed by atoms with Gasteiger partial charge in [-0.2, -0.15) is 0 Å². The molecule has 1 aliphatic rings. The van der Waals surface area contributed by atoms with Gasteiger partial charge in [-0.3, -0.25) is 4.79 Å². The van der Waals surface area contributed by atoms with E-state index in [1.54, 1.807) is 0 Å². The highest BCUT2D eigenvalue weighted by atomic mass is 35.5. The number of benzene rings is 2. The van der Waals surface area contributed by atoms with Crippen molar-refractivity contribution in [3.8, 4) is 0 Å². The van der Waals surface area contributed by atoms with Crippen molar-refractivity contribution in [2.45, 2.75) is 25.7 Å². The molecule has 1 fully saturated rings. The molecule has 3 heteroatoms. The average molecular weight is 358 g/mol. The summed E-state index contributed by atoms with van der Waals surface area (Å²) in [7, 11) is 4.15. The van der Waals surface area contributed by atoms with Gasteiger partial charge in [-0.15, -0.1) is 12.4 Å². The molecule has 0 bridgehead atoms. The van der Waals surface area contributed by atoms with Crippen molar-refractivity contribution in [3.63, 3.8) is 0 Å². The molecule has 0 heterocycles. The largest absolute Gasteiger partial charge is 0.308 e. The molecule has 0 saturated heterocycles. The number of halogens is 1. The second-order valence-electron chi connectivity index (χ2n) is 7.47. The summed E-state index contributed by atoms with van der Waals surface area (Å²) < 4.78 is 0. The van der Waals surface area contributed by atoms with Crippen molar-refractivity contribution in [3.05, 3.63) is 71.8 Å². The van der Waals surface area contributed by atoms with E-state index in [0.717, 1.165) is 32.2 Å². The highest BCUT2D eigenvalue weighted by molar-refractivity contribution is 5.90.